The van der Waals surface area contributed by atoms with E-state index >= 15 is 0 Å². The summed E-state index contributed by atoms with van der Waals surface area (Å²) in [7, 11) is 1.61. The lowest BCUT2D eigenvalue weighted by Crippen LogP contribution is -2.27. The molecule has 0 aliphatic carbocycles. The Morgan fingerprint density at radius 2 is 1.88 bits per heavy atom. The Kier molecular flexibility index (Phi) is 5.58. The first-order chi connectivity index (χ1) is 11.4. The summed E-state index contributed by atoms with van der Waals surface area (Å²) in [5, 5.41) is 5.64. The Balaban J connectivity index is 2.17. The molecule has 5 heteroatoms. The van der Waals surface area contributed by atoms with Crippen LogP contribution in [0.25, 0.3) is 0 Å². The second-order valence-electron chi connectivity index (χ2n) is 5.70. The number of ether oxygens (including phenoxy) is 1. The summed E-state index contributed by atoms with van der Waals surface area (Å²) in [6.07, 6.45) is 0. The first-order valence-corrected chi connectivity index (χ1v) is 7.73. The minimum atomic E-state index is -0.211. The van der Waals surface area contributed by atoms with Gasteiger partial charge in [-0.15, -0.1) is 0 Å². The van der Waals surface area contributed by atoms with Crippen LogP contribution < -0.4 is 15.4 Å². The quantitative estimate of drug-likeness (QED) is 0.884. The number of rotatable bonds is 5. The van der Waals surface area contributed by atoms with E-state index in [2.05, 4.69) is 10.6 Å². The Bertz CT molecular complexity index is 756. The van der Waals surface area contributed by atoms with Crippen molar-refractivity contribution in [3.63, 3.8) is 0 Å². The van der Waals surface area contributed by atoms with Gasteiger partial charge in [0, 0.05) is 23.7 Å². The van der Waals surface area contributed by atoms with Crippen LogP contribution in [-0.4, -0.2) is 18.9 Å². The molecule has 2 rings (SSSR count). The molecule has 0 aliphatic rings. The van der Waals surface area contributed by atoms with E-state index in [0.29, 0.717) is 11.3 Å². The molecule has 0 unspecified atom stereocenters. The summed E-state index contributed by atoms with van der Waals surface area (Å²) < 4.78 is 5.37. The molecule has 2 aromatic carbocycles. The van der Waals surface area contributed by atoms with Crippen LogP contribution in [0.2, 0.25) is 0 Å². The third kappa shape index (κ3) is 4.35. The van der Waals surface area contributed by atoms with Crippen LogP contribution in [0.4, 0.5) is 5.69 Å². The van der Waals surface area contributed by atoms with Crippen molar-refractivity contribution >= 4 is 17.5 Å². The Morgan fingerprint density at radius 1 is 1.12 bits per heavy atom. The van der Waals surface area contributed by atoms with E-state index in [1.54, 1.807) is 31.4 Å². The fraction of sp³-hybridized carbons (Fsp3) is 0.263. The number of hydrogen-bond donors (Lipinski definition) is 2. The smallest absolute Gasteiger partial charge is 0.251 e. The van der Waals surface area contributed by atoms with Gasteiger partial charge in [-0.3, -0.25) is 9.59 Å². The summed E-state index contributed by atoms with van der Waals surface area (Å²) in [5.41, 5.74) is 3.10. The van der Waals surface area contributed by atoms with E-state index in [9.17, 15) is 9.59 Å². The lowest BCUT2D eigenvalue weighted by atomic mass is 10.0. The van der Waals surface area contributed by atoms with Crippen LogP contribution in [0.1, 0.15) is 41.4 Å². The molecule has 0 bridgehead atoms. The topological polar surface area (TPSA) is 67.4 Å². The van der Waals surface area contributed by atoms with E-state index in [-0.39, 0.29) is 17.9 Å². The molecule has 0 aromatic heterocycles. The zero-order chi connectivity index (χ0) is 17.7. The minimum absolute atomic E-state index is 0.176. The number of anilines is 1. The molecule has 0 aliphatic heterocycles. The number of aryl methyl sites for hydroxylation is 1. The van der Waals surface area contributed by atoms with Gasteiger partial charge in [0.25, 0.3) is 5.91 Å². The van der Waals surface area contributed by atoms with Gasteiger partial charge in [0.15, 0.2) is 0 Å². The Hall–Kier alpha value is -2.82. The molecule has 0 spiro atoms. The van der Waals surface area contributed by atoms with Crippen LogP contribution in [0.3, 0.4) is 0 Å². The number of nitrogens with one attached hydrogen (secondary N) is 2. The minimum Gasteiger partial charge on any atom is -0.496 e. The van der Waals surface area contributed by atoms with Crippen molar-refractivity contribution in [2.24, 2.45) is 0 Å². The molecule has 1 atom stereocenters. The summed E-state index contributed by atoms with van der Waals surface area (Å²) in [6, 6.07) is 12.5. The van der Waals surface area contributed by atoms with Crippen LogP contribution >= 0.6 is 0 Å². The summed E-state index contributed by atoms with van der Waals surface area (Å²) in [6.45, 7) is 5.33. The van der Waals surface area contributed by atoms with Gasteiger partial charge < -0.3 is 15.4 Å². The maximum atomic E-state index is 12.5. The summed E-state index contributed by atoms with van der Waals surface area (Å²) in [5.74, 6) is 0.351. The number of amides is 2. The van der Waals surface area contributed by atoms with Crippen molar-refractivity contribution in [2.75, 3.05) is 12.4 Å². The van der Waals surface area contributed by atoms with Crippen LogP contribution in [0.5, 0.6) is 5.75 Å². The number of methoxy groups -OCH3 is 1. The van der Waals surface area contributed by atoms with Gasteiger partial charge in [-0.1, -0.05) is 23.8 Å². The molecule has 0 saturated carbocycles. The van der Waals surface area contributed by atoms with E-state index in [0.717, 1.165) is 16.9 Å². The summed E-state index contributed by atoms with van der Waals surface area (Å²) >= 11 is 0. The zero-order valence-corrected chi connectivity index (χ0v) is 14.3. The van der Waals surface area contributed by atoms with Crippen molar-refractivity contribution in [2.45, 2.75) is 26.8 Å². The lowest BCUT2D eigenvalue weighted by Gasteiger charge is -2.18. The van der Waals surface area contributed by atoms with Crippen LogP contribution in [-0.2, 0) is 4.79 Å². The second-order valence-corrected chi connectivity index (χ2v) is 5.70. The third-order valence-corrected chi connectivity index (χ3v) is 3.64. The number of benzene rings is 2. The summed E-state index contributed by atoms with van der Waals surface area (Å²) in [4.78, 5) is 23.6. The molecular weight excluding hydrogens is 304 g/mol. The van der Waals surface area contributed by atoms with Gasteiger partial charge in [-0.25, -0.2) is 0 Å². The molecule has 2 aromatic rings. The monoisotopic (exact) mass is 326 g/mol. The van der Waals surface area contributed by atoms with Gasteiger partial charge in [-0.2, -0.15) is 0 Å². The molecule has 0 radical (unpaired) electrons. The molecule has 24 heavy (non-hydrogen) atoms. The number of carbonyl (C=O) groups excluding carboxylic acids is 2. The van der Waals surface area contributed by atoms with Gasteiger partial charge in [0.2, 0.25) is 5.91 Å². The first-order valence-electron chi connectivity index (χ1n) is 7.73. The maximum absolute atomic E-state index is 12.5. The van der Waals surface area contributed by atoms with Crippen molar-refractivity contribution in [1.29, 1.82) is 0 Å². The van der Waals surface area contributed by atoms with Crippen LogP contribution in [0.15, 0.2) is 42.5 Å². The highest BCUT2D eigenvalue weighted by atomic mass is 16.5. The fourth-order valence-corrected chi connectivity index (χ4v) is 2.49. The number of carbonyl (C=O) groups is 2. The van der Waals surface area contributed by atoms with Crippen molar-refractivity contribution in [3.05, 3.63) is 59.2 Å². The van der Waals surface area contributed by atoms with Crippen molar-refractivity contribution < 1.29 is 14.3 Å². The highest BCUT2D eigenvalue weighted by Gasteiger charge is 2.15. The molecule has 2 amide bonds. The molecule has 2 N–H and O–H groups in total. The largest absolute Gasteiger partial charge is 0.496 e. The van der Waals surface area contributed by atoms with Gasteiger partial charge in [-0.05, 0) is 38.1 Å². The van der Waals surface area contributed by atoms with E-state index < -0.39 is 0 Å². The lowest BCUT2D eigenvalue weighted by molar-refractivity contribution is -0.114. The van der Waals surface area contributed by atoms with Crippen molar-refractivity contribution in [3.8, 4) is 5.75 Å². The second kappa shape index (κ2) is 7.64. The first kappa shape index (κ1) is 17.5. The van der Waals surface area contributed by atoms with Gasteiger partial charge in [0.05, 0.1) is 13.2 Å². The zero-order valence-electron chi connectivity index (χ0n) is 14.3. The molecule has 0 saturated heterocycles. The molecule has 0 heterocycles. The van der Waals surface area contributed by atoms with Gasteiger partial charge >= 0.3 is 0 Å². The molecular formula is C19H22N2O3. The third-order valence-electron chi connectivity index (χ3n) is 3.64. The standard InChI is InChI=1S/C19H22N2O3/c1-12-8-9-18(24-4)17(10-12)13(2)20-19(23)15-6-5-7-16(11-15)21-14(3)22/h5-11,13H,1-4H3,(H,20,23)(H,21,22)/t13-/m0/s1. The van der Waals surface area contributed by atoms with Crippen molar-refractivity contribution in [1.82, 2.24) is 5.32 Å². The number of hydrogen-bond acceptors (Lipinski definition) is 3. The molecule has 5 nitrogen and oxygen atoms in total. The highest BCUT2D eigenvalue weighted by molar-refractivity contribution is 5.97. The average molecular weight is 326 g/mol. The van der Waals surface area contributed by atoms with Crippen LogP contribution in [0, 0.1) is 6.92 Å². The SMILES string of the molecule is COc1ccc(C)cc1[C@H](C)NC(=O)c1cccc(NC(C)=O)c1. The van der Waals surface area contributed by atoms with Gasteiger partial charge in [0.1, 0.15) is 5.75 Å². The highest BCUT2D eigenvalue weighted by Crippen LogP contribution is 2.26. The van der Waals surface area contributed by atoms with E-state index in [1.165, 1.54) is 6.92 Å². The Labute approximate surface area is 142 Å². The predicted molar refractivity (Wildman–Crippen MR) is 94.4 cm³/mol. The maximum Gasteiger partial charge on any atom is 0.251 e. The normalized spacial score (nSPS) is 11.5. The fourth-order valence-electron chi connectivity index (χ4n) is 2.49. The predicted octanol–water partition coefficient (Wildman–Crippen LogP) is 3.45. The van der Waals surface area contributed by atoms with E-state index in [4.69, 9.17) is 4.74 Å². The Morgan fingerprint density at radius 3 is 2.54 bits per heavy atom. The average Bonchev–Trinajstić information content (AvgIpc) is 2.54. The van der Waals surface area contributed by atoms with E-state index in [1.807, 2.05) is 32.0 Å². The molecule has 0 fully saturated rings. The molecule has 126 valence electrons.